The van der Waals surface area contributed by atoms with E-state index in [0.717, 1.165) is 30.6 Å². The van der Waals surface area contributed by atoms with E-state index in [1.165, 1.54) is 44.9 Å². The summed E-state index contributed by atoms with van der Waals surface area (Å²) in [7, 11) is 0. The summed E-state index contributed by atoms with van der Waals surface area (Å²) in [4.78, 5) is 0. The van der Waals surface area contributed by atoms with Gasteiger partial charge in [0.1, 0.15) is 0 Å². The Labute approximate surface area is 186 Å². The lowest BCUT2D eigenvalue weighted by Gasteiger charge is -2.58. The fourth-order valence-corrected chi connectivity index (χ4v) is 8.63. The van der Waals surface area contributed by atoms with E-state index in [1.807, 2.05) is 0 Å². The minimum absolute atomic E-state index is 0.106. The van der Waals surface area contributed by atoms with E-state index in [0.29, 0.717) is 22.7 Å². The summed E-state index contributed by atoms with van der Waals surface area (Å²) in [6, 6.07) is 0. The molecule has 0 heterocycles. The molecule has 8 atom stereocenters. The van der Waals surface area contributed by atoms with Gasteiger partial charge in [-0.05, 0) is 95.5 Å². The lowest BCUT2D eigenvalue weighted by molar-refractivity contribution is -0.0247. The molecular weight excluding hydrogens is 364 g/mol. The van der Waals surface area contributed by atoms with Crippen molar-refractivity contribution in [1.29, 1.82) is 0 Å². The first kappa shape index (κ1) is 22.6. The average Bonchev–Trinajstić information content (AvgIpc) is 2.96. The van der Waals surface area contributed by atoms with Crippen LogP contribution in [0.15, 0.2) is 23.3 Å². The van der Waals surface area contributed by atoms with Gasteiger partial charge in [0.25, 0.3) is 0 Å². The Balaban J connectivity index is 1.61. The minimum Gasteiger partial charge on any atom is -0.393 e. The van der Waals surface area contributed by atoms with Gasteiger partial charge in [0.15, 0.2) is 0 Å². The van der Waals surface area contributed by atoms with Gasteiger partial charge >= 0.3 is 0 Å². The molecule has 0 saturated heterocycles. The maximum absolute atomic E-state index is 10.5. The van der Waals surface area contributed by atoms with E-state index in [-0.39, 0.29) is 11.5 Å². The van der Waals surface area contributed by atoms with Crippen molar-refractivity contribution in [3.05, 3.63) is 23.3 Å². The second-order valence-electron chi connectivity index (χ2n) is 12.9. The van der Waals surface area contributed by atoms with Gasteiger partial charge in [0, 0.05) is 0 Å². The summed E-state index contributed by atoms with van der Waals surface area (Å²) in [6.07, 6.45) is 16.7. The Morgan fingerprint density at radius 2 is 1.73 bits per heavy atom. The zero-order valence-corrected chi connectivity index (χ0v) is 20.9. The van der Waals surface area contributed by atoms with Crippen LogP contribution in [0.1, 0.15) is 106 Å². The summed E-state index contributed by atoms with van der Waals surface area (Å²) in [6.45, 7) is 17.4. The van der Waals surface area contributed by atoms with E-state index in [9.17, 15) is 5.11 Å². The third-order valence-corrected chi connectivity index (χ3v) is 11.0. The summed E-state index contributed by atoms with van der Waals surface area (Å²) in [5.41, 5.74) is 4.42. The molecule has 0 aromatic rings. The second-order valence-corrected chi connectivity index (χ2v) is 12.9. The van der Waals surface area contributed by atoms with Crippen LogP contribution in [0.3, 0.4) is 0 Å². The predicted octanol–water partition coefficient (Wildman–Crippen LogP) is 7.94. The molecule has 4 aliphatic rings. The molecule has 0 bridgehead atoms. The van der Waals surface area contributed by atoms with E-state index in [1.54, 1.807) is 11.1 Å². The molecule has 0 aromatic heterocycles. The van der Waals surface area contributed by atoms with Crippen LogP contribution in [-0.4, -0.2) is 11.2 Å². The molecule has 4 rings (SSSR count). The van der Waals surface area contributed by atoms with E-state index in [2.05, 4.69) is 60.6 Å². The number of fused-ring (bicyclic) bond motifs is 5. The summed E-state index contributed by atoms with van der Waals surface area (Å²) < 4.78 is 0. The van der Waals surface area contributed by atoms with Crippen molar-refractivity contribution in [2.24, 2.45) is 45.8 Å². The Kier molecular flexibility index (Phi) is 5.87. The number of allylic oxidation sites excluding steroid dienone is 4. The van der Waals surface area contributed by atoms with Crippen molar-refractivity contribution < 1.29 is 5.11 Å². The quantitative estimate of drug-likeness (QED) is 0.486. The normalized spacial score (nSPS) is 46.6. The SMILES string of the molecule is CC(C)CCC[C@H](C)[C@@H]1CC[C@@]2(C)C3=CC[C@@H]4[C@H](C)[C@@H](O)CC[C@]4(C)C3=CC[C@]12C. The third-order valence-electron chi connectivity index (χ3n) is 11.0. The molecule has 0 radical (unpaired) electrons. The molecule has 4 aliphatic carbocycles. The molecule has 2 saturated carbocycles. The van der Waals surface area contributed by atoms with Crippen molar-refractivity contribution >= 4 is 0 Å². The largest absolute Gasteiger partial charge is 0.393 e. The van der Waals surface area contributed by atoms with Crippen LogP contribution in [0.4, 0.5) is 0 Å². The zero-order valence-electron chi connectivity index (χ0n) is 20.9. The van der Waals surface area contributed by atoms with Crippen LogP contribution in [0.2, 0.25) is 0 Å². The Morgan fingerprint density at radius 3 is 2.43 bits per heavy atom. The topological polar surface area (TPSA) is 20.2 Å². The first-order valence-corrected chi connectivity index (χ1v) is 13.1. The van der Waals surface area contributed by atoms with Gasteiger partial charge in [0.2, 0.25) is 0 Å². The van der Waals surface area contributed by atoms with Crippen LogP contribution >= 0.6 is 0 Å². The van der Waals surface area contributed by atoms with Crippen LogP contribution in [-0.2, 0) is 0 Å². The molecular formula is C29H48O. The molecule has 30 heavy (non-hydrogen) atoms. The van der Waals surface area contributed by atoms with Gasteiger partial charge in [0.05, 0.1) is 6.10 Å². The second kappa shape index (κ2) is 7.79. The molecule has 170 valence electrons. The van der Waals surface area contributed by atoms with Crippen molar-refractivity contribution in [1.82, 2.24) is 0 Å². The highest BCUT2D eigenvalue weighted by Gasteiger charge is 2.61. The number of aliphatic hydroxyl groups excluding tert-OH is 1. The molecule has 0 aliphatic heterocycles. The van der Waals surface area contributed by atoms with Crippen LogP contribution in [0, 0.1) is 45.8 Å². The van der Waals surface area contributed by atoms with E-state index in [4.69, 9.17) is 0 Å². The Morgan fingerprint density at radius 1 is 1.00 bits per heavy atom. The Bertz CT molecular complexity index is 716. The predicted molar refractivity (Wildman–Crippen MR) is 128 cm³/mol. The van der Waals surface area contributed by atoms with Gasteiger partial charge in [-0.25, -0.2) is 0 Å². The highest BCUT2D eigenvalue weighted by Crippen LogP contribution is 2.70. The molecule has 1 heteroatoms. The zero-order chi connectivity index (χ0) is 21.9. The van der Waals surface area contributed by atoms with E-state index >= 15 is 0 Å². The molecule has 1 N–H and O–H groups in total. The first-order chi connectivity index (χ1) is 14.0. The summed E-state index contributed by atoms with van der Waals surface area (Å²) in [5.74, 6) is 3.55. The summed E-state index contributed by atoms with van der Waals surface area (Å²) in [5, 5.41) is 10.5. The molecule has 2 fully saturated rings. The lowest BCUT2D eigenvalue weighted by atomic mass is 9.46. The highest BCUT2D eigenvalue weighted by atomic mass is 16.3. The number of aliphatic hydroxyl groups is 1. The molecule has 0 amide bonds. The highest BCUT2D eigenvalue weighted by molar-refractivity contribution is 5.49. The maximum atomic E-state index is 10.5. The van der Waals surface area contributed by atoms with Gasteiger partial charge in [-0.1, -0.05) is 79.9 Å². The molecule has 0 spiro atoms. The summed E-state index contributed by atoms with van der Waals surface area (Å²) >= 11 is 0. The fraction of sp³-hybridized carbons (Fsp3) is 0.862. The molecule has 1 nitrogen and oxygen atoms in total. The van der Waals surface area contributed by atoms with Crippen LogP contribution < -0.4 is 0 Å². The van der Waals surface area contributed by atoms with Crippen molar-refractivity contribution in [3.63, 3.8) is 0 Å². The monoisotopic (exact) mass is 412 g/mol. The van der Waals surface area contributed by atoms with Gasteiger partial charge in [-0.15, -0.1) is 0 Å². The third kappa shape index (κ3) is 3.20. The van der Waals surface area contributed by atoms with Crippen molar-refractivity contribution in [2.75, 3.05) is 0 Å². The van der Waals surface area contributed by atoms with Gasteiger partial charge in [-0.3, -0.25) is 0 Å². The smallest absolute Gasteiger partial charge is 0.0569 e. The van der Waals surface area contributed by atoms with Crippen molar-refractivity contribution in [3.8, 4) is 0 Å². The van der Waals surface area contributed by atoms with E-state index < -0.39 is 0 Å². The van der Waals surface area contributed by atoms with Gasteiger partial charge in [-0.2, -0.15) is 0 Å². The van der Waals surface area contributed by atoms with Crippen molar-refractivity contribution in [2.45, 2.75) is 112 Å². The molecule has 0 unspecified atom stereocenters. The van der Waals surface area contributed by atoms with Crippen LogP contribution in [0.25, 0.3) is 0 Å². The minimum atomic E-state index is -0.106. The number of rotatable bonds is 5. The lowest BCUT2D eigenvalue weighted by Crippen LogP contribution is -2.50. The standard InChI is InChI=1S/C29H48O/c1-19(2)9-8-10-20(3)22-13-17-29(7)25-12-11-23-21(4)26(30)15-16-27(23,5)24(25)14-18-28(22,29)6/h12,14,19-23,26,30H,8-11,13,15-18H2,1-7H3/t20-,21-,22-,23+,26-,27-,28+,29-/m0/s1. The molecule has 0 aromatic carbocycles. The number of hydrogen-bond donors (Lipinski definition) is 1. The maximum Gasteiger partial charge on any atom is 0.0569 e. The number of hydrogen-bond acceptors (Lipinski definition) is 1. The van der Waals surface area contributed by atoms with Gasteiger partial charge < -0.3 is 5.11 Å². The fourth-order valence-electron chi connectivity index (χ4n) is 8.63. The van der Waals surface area contributed by atoms with Crippen LogP contribution in [0.5, 0.6) is 0 Å². The first-order valence-electron chi connectivity index (χ1n) is 13.1. The Hall–Kier alpha value is -0.560. The average molecular weight is 413 g/mol.